The van der Waals surface area contributed by atoms with Crippen molar-refractivity contribution in [2.75, 3.05) is 0 Å². The summed E-state index contributed by atoms with van der Waals surface area (Å²) in [6, 6.07) is 8.31. The largest absolute Gasteiger partial charge is 0.227 e. The van der Waals surface area contributed by atoms with Crippen molar-refractivity contribution in [1.82, 2.24) is 9.97 Å². The van der Waals surface area contributed by atoms with Crippen molar-refractivity contribution in [3.8, 4) is 11.8 Å². The van der Waals surface area contributed by atoms with Crippen LogP contribution < -0.4 is 0 Å². The molecule has 0 bridgehead atoms. The van der Waals surface area contributed by atoms with Gasteiger partial charge in [0.2, 0.25) is 5.82 Å². The van der Waals surface area contributed by atoms with Crippen LogP contribution >= 0.6 is 12.2 Å². The molecular weight excluding hydrogens is 278 g/mol. The smallest absolute Gasteiger partial charge is 0.205 e. The molecule has 0 fully saturated rings. The van der Waals surface area contributed by atoms with Crippen LogP contribution in [0.1, 0.15) is 36.7 Å². The van der Waals surface area contributed by atoms with Gasteiger partial charge in [-0.2, -0.15) is 4.99 Å². The highest BCUT2D eigenvalue weighted by molar-refractivity contribution is 7.78. The lowest BCUT2D eigenvalue weighted by molar-refractivity contribution is 0.795. The van der Waals surface area contributed by atoms with Crippen LogP contribution in [-0.2, 0) is 6.42 Å². The fourth-order valence-electron chi connectivity index (χ4n) is 1.76. The van der Waals surface area contributed by atoms with Crippen molar-refractivity contribution >= 4 is 23.1 Å². The number of aryl methyl sites for hydroxylation is 1. The molecule has 21 heavy (non-hydrogen) atoms. The number of isothiocyanates is 1. The van der Waals surface area contributed by atoms with Crippen molar-refractivity contribution in [2.45, 2.75) is 26.2 Å². The summed E-state index contributed by atoms with van der Waals surface area (Å²) in [5.41, 5.74) is 2.89. The topological polar surface area (TPSA) is 38.1 Å². The summed E-state index contributed by atoms with van der Waals surface area (Å²) in [4.78, 5) is 12.0. The summed E-state index contributed by atoms with van der Waals surface area (Å²) < 4.78 is 0. The number of unbranched alkanes of at least 4 members (excludes halogenated alkanes) is 1. The van der Waals surface area contributed by atoms with Crippen LogP contribution in [0.4, 0.5) is 5.69 Å². The molecule has 0 N–H and O–H groups in total. The number of benzene rings is 1. The number of nitrogens with zero attached hydrogens (tertiary/aromatic N) is 3. The lowest BCUT2D eigenvalue weighted by atomic mass is 10.1. The molecule has 0 aliphatic carbocycles. The van der Waals surface area contributed by atoms with Gasteiger partial charge in [-0.25, -0.2) is 9.97 Å². The van der Waals surface area contributed by atoms with Gasteiger partial charge in [0.15, 0.2) is 0 Å². The van der Waals surface area contributed by atoms with Crippen LogP contribution in [0.5, 0.6) is 0 Å². The highest BCUT2D eigenvalue weighted by atomic mass is 32.1. The van der Waals surface area contributed by atoms with Gasteiger partial charge in [-0.1, -0.05) is 31.4 Å². The quantitative estimate of drug-likeness (QED) is 0.486. The SMILES string of the molecule is CCCCc1ccc(C#Cc2ncc(N=C=S)cn2)cc1. The molecule has 0 amide bonds. The molecule has 104 valence electrons. The van der Waals surface area contributed by atoms with Gasteiger partial charge in [0, 0.05) is 5.56 Å². The van der Waals surface area contributed by atoms with Gasteiger partial charge in [-0.15, -0.1) is 0 Å². The standard InChI is InChI=1S/C17H15N3S/c1-2-3-4-14-5-7-15(8-6-14)9-10-17-18-11-16(12-19-17)20-13-21/h5-8,11-12H,2-4H2,1H3. The van der Waals surface area contributed by atoms with Crippen LogP contribution in [0.25, 0.3) is 0 Å². The van der Waals surface area contributed by atoms with E-state index in [1.54, 1.807) is 12.4 Å². The third-order valence-electron chi connectivity index (χ3n) is 2.90. The van der Waals surface area contributed by atoms with Gasteiger partial charge >= 0.3 is 0 Å². The Kier molecular flexibility index (Phi) is 5.78. The number of aromatic nitrogens is 2. The summed E-state index contributed by atoms with van der Waals surface area (Å²) in [6.07, 6.45) is 6.70. The average Bonchev–Trinajstić information content (AvgIpc) is 2.53. The highest BCUT2D eigenvalue weighted by Crippen LogP contribution is 2.08. The predicted molar refractivity (Wildman–Crippen MR) is 87.8 cm³/mol. The van der Waals surface area contributed by atoms with Crippen molar-refractivity contribution < 1.29 is 0 Å². The Hall–Kier alpha value is -2.34. The second-order valence-corrected chi connectivity index (χ2v) is 4.70. The second kappa shape index (κ2) is 8.06. The molecule has 1 aromatic heterocycles. The normalized spacial score (nSPS) is 9.38. The third kappa shape index (κ3) is 4.92. The molecule has 0 saturated heterocycles. The lowest BCUT2D eigenvalue weighted by Gasteiger charge is -1.99. The maximum atomic E-state index is 4.52. The Morgan fingerprint density at radius 3 is 2.43 bits per heavy atom. The predicted octanol–water partition coefficient (Wildman–Crippen LogP) is 3.95. The first-order valence-electron chi connectivity index (χ1n) is 6.82. The van der Waals surface area contributed by atoms with E-state index >= 15 is 0 Å². The molecule has 1 heterocycles. The van der Waals surface area contributed by atoms with Gasteiger partial charge < -0.3 is 0 Å². The first-order chi connectivity index (χ1) is 10.3. The Balaban J connectivity index is 2.06. The second-order valence-electron chi connectivity index (χ2n) is 4.52. The van der Waals surface area contributed by atoms with E-state index in [-0.39, 0.29) is 0 Å². The molecule has 1 aromatic carbocycles. The zero-order valence-electron chi connectivity index (χ0n) is 11.8. The fourth-order valence-corrected chi connectivity index (χ4v) is 1.87. The summed E-state index contributed by atoms with van der Waals surface area (Å²) in [7, 11) is 0. The zero-order chi connectivity index (χ0) is 14.9. The van der Waals surface area contributed by atoms with Crippen LogP contribution in [0.15, 0.2) is 41.7 Å². The van der Waals surface area contributed by atoms with E-state index in [2.05, 4.69) is 63.2 Å². The molecular formula is C17H15N3S. The summed E-state index contributed by atoms with van der Waals surface area (Å²) in [6.45, 7) is 2.20. The first-order valence-corrected chi connectivity index (χ1v) is 7.23. The van der Waals surface area contributed by atoms with Crippen molar-refractivity contribution in [1.29, 1.82) is 0 Å². The van der Waals surface area contributed by atoms with Gasteiger partial charge in [-0.3, -0.25) is 0 Å². The Morgan fingerprint density at radius 1 is 1.10 bits per heavy atom. The molecule has 3 nitrogen and oxygen atoms in total. The number of thiocarbonyl (C=S) groups is 1. The van der Waals surface area contributed by atoms with Crippen LogP contribution in [0.3, 0.4) is 0 Å². The number of hydrogen-bond donors (Lipinski definition) is 0. The maximum absolute atomic E-state index is 4.52. The van der Waals surface area contributed by atoms with Crippen LogP contribution in [0, 0.1) is 11.8 Å². The molecule has 0 aliphatic heterocycles. The molecule has 0 atom stereocenters. The summed E-state index contributed by atoms with van der Waals surface area (Å²) in [5.74, 6) is 6.45. The van der Waals surface area contributed by atoms with E-state index in [9.17, 15) is 0 Å². The zero-order valence-corrected chi connectivity index (χ0v) is 12.7. The number of hydrogen-bond acceptors (Lipinski definition) is 4. The van der Waals surface area contributed by atoms with Gasteiger partial charge in [0.05, 0.1) is 17.6 Å². The maximum Gasteiger partial charge on any atom is 0.205 e. The molecule has 4 heteroatoms. The molecule has 0 saturated carbocycles. The monoisotopic (exact) mass is 293 g/mol. The molecule has 0 spiro atoms. The van der Waals surface area contributed by atoms with Crippen LogP contribution in [-0.4, -0.2) is 15.1 Å². The van der Waals surface area contributed by atoms with Gasteiger partial charge in [0.1, 0.15) is 5.69 Å². The molecule has 0 radical (unpaired) electrons. The average molecular weight is 293 g/mol. The van der Waals surface area contributed by atoms with Crippen molar-refractivity contribution in [2.24, 2.45) is 4.99 Å². The number of aliphatic imine (C=N–C) groups is 1. The first kappa shape index (κ1) is 15.1. The summed E-state index contributed by atoms with van der Waals surface area (Å²) in [5, 5.41) is 2.27. The lowest BCUT2D eigenvalue weighted by Crippen LogP contribution is -1.87. The van der Waals surface area contributed by atoms with E-state index in [1.165, 1.54) is 18.4 Å². The number of rotatable bonds is 4. The van der Waals surface area contributed by atoms with Gasteiger partial charge in [-0.05, 0) is 48.7 Å². The minimum absolute atomic E-state index is 0.466. The molecule has 0 unspecified atom stereocenters. The van der Waals surface area contributed by atoms with E-state index in [0.717, 1.165) is 12.0 Å². The van der Waals surface area contributed by atoms with E-state index < -0.39 is 0 Å². The highest BCUT2D eigenvalue weighted by Gasteiger charge is 1.94. The van der Waals surface area contributed by atoms with Crippen molar-refractivity contribution in [3.05, 3.63) is 53.6 Å². The molecule has 0 aliphatic rings. The van der Waals surface area contributed by atoms with E-state index in [1.807, 2.05) is 12.1 Å². The Bertz CT molecular complexity index is 688. The third-order valence-corrected chi connectivity index (χ3v) is 3.00. The molecule has 2 rings (SSSR count). The Labute approximate surface area is 130 Å². The van der Waals surface area contributed by atoms with Gasteiger partial charge in [0.25, 0.3) is 0 Å². The molecule has 2 aromatic rings. The van der Waals surface area contributed by atoms with Crippen molar-refractivity contribution in [3.63, 3.8) is 0 Å². The van der Waals surface area contributed by atoms with E-state index in [4.69, 9.17) is 0 Å². The minimum atomic E-state index is 0.466. The fraction of sp³-hybridized carbons (Fsp3) is 0.235. The van der Waals surface area contributed by atoms with Crippen LogP contribution in [0.2, 0.25) is 0 Å². The Morgan fingerprint density at radius 2 is 1.81 bits per heavy atom. The summed E-state index contributed by atoms with van der Waals surface area (Å²) >= 11 is 4.52. The minimum Gasteiger partial charge on any atom is -0.227 e. The van der Waals surface area contributed by atoms with E-state index in [0.29, 0.717) is 11.5 Å².